The number of sulfone groups is 1. The molecule has 0 aliphatic carbocycles. The quantitative estimate of drug-likeness (QED) is 0.791. The molecule has 0 radical (unpaired) electrons. The van der Waals surface area contributed by atoms with Crippen LogP contribution in [0.5, 0.6) is 0 Å². The molecule has 5 nitrogen and oxygen atoms in total. The van der Waals surface area contributed by atoms with Crippen molar-refractivity contribution in [2.24, 2.45) is 0 Å². The molecular formula is C17H18N2O3S. The highest BCUT2D eigenvalue weighted by Gasteiger charge is 2.23. The van der Waals surface area contributed by atoms with Crippen LogP contribution in [0.25, 0.3) is 0 Å². The third kappa shape index (κ3) is 4.04. The summed E-state index contributed by atoms with van der Waals surface area (Å²) >= 11 is 0. The molecule has 6 heteroatoms. The van der Waals surface area contributed by atoms with Gasteiger partial charge in [0, 0.05) is 25.2 Å². The van der Waals surface area contributed by atoms with Crippen LogP contribution in [-0.2, 0) is 9.84 Å². The predicted molar refractivity (Wildman–Crippen MR) is 90.3 cm³/mol. The Labute approximate surface area is 136 Å². The number of rotatable bonds is 5. The number of amides is 1. The molecule has 0 bridgehead atoms. The highest BCUT2D eigenvalue weighted by atomic mass is 32.2. The summed E-state index contributed by atoms with van der Waals surface area (Å²) in [5.41, 5.74) is 1.47. The van der Waals surface area contributed by atoms with Crippen molar-refractivity contribution in [3.8, 4) is 0 Å². The molecule has 0 fully saturated rings. The Bertz CT molecular complexity index is 830. The van der Waals surface area contributed by atoms with Gasteiger partial charge < -0.3 is 4.90 Å². The summed E-state index contributed by atoms with van der Waals surface area (Å²) in [4.78, 5) is 18.3. The summed E-state index contributed by atoms with van der Waals surface area (Å²) < 4.78 is 24.1. The summed E-state index contributed by atoms with van der Waals surface area (Å²) in [6.07, 6.45) is 4.15. The number of hydrogen-bond donors (Lipinski definition) is 0. The van der Waals surface area contributed by atoms with Crippen LogP contribution >= 0.6 is 0 Å². The minimum Gasteiger partial charge on any atom is -0.303 e. The van der Waals surface area contributed by atoms with E-state index in [1.54, 1.807) is 43.5 Å². The molecule has 23 heavy (non-hydrogen) atoms. The van der Waals surface area contributed by atoms with E-state index < -0.39 is 9.84 Å². The fraction of sp³-hybridized carbons (Fsp3) is 0.176. The lowest BCUT2D eigenvalue weighted by Crippen LogP contribution is -2.33. The Morgan fingerprint density at radius 2 is 1.91 bits per heavy atom. The second-order valence-corrected chi connectivity index (χ2v) is 7.31. The van der Waals surface area contributed by atoms with Gasteiger partial charge >= 0.3 is 0 Å². The topological polar surface area (TPSA) is 67.3 Å². The van der Waals surface area contributed by atoms with E-state index in [1.165, 1.54) is 17.2 Å². The van der Waals surface area contributed by atoms with E-state index in [4.69, 9.17) is 0 Å². The monoisotopic (exact) mass is 330 g/mol. The van der Waals surface area contributed by atoms with Gasteiger partial charge in [-0.3, -0.25) is 9.78 Å². The Morgan fingerprint density at radius 3 is 2.48 bits per heavy atom. The molecule has 0 aliphatic heterocycles. The number of pyridine rings is 1. The Hall–Kier alpha value is -2.47. The minimum absolute atomic E-state index is 0.110. The number of carbonyl (C=O) groups excluding carboxylic acids is 1. The lowest BCUT2D eigenvalue weighted by Gasteiger charge is -2.25. The molecule has 0 atom stereocenters. The Morgan fingerprint density at radius 1 is 1.22 bits per heavy atom. The maximum absolute atomic E-state index is 12.8. The van der Waals surface area contributed by atoms with E-state index in [-0.39, 0.29) is 17.3 Å². The number of para-hydroxylation sites is 1. The second kappa shape index (κ2) is 6.75. The lowest BCUT2D eigenvalue weighted by molar-refractivity contribution is 0.0988. The molecule has 0 N–H and O–H groups in total. The first-order chi connectivity index (χ1) is 10.8. The van der Waals surface area contributed by atoms with Crippen molar-refractivity contribution in [2.45, 2.75) is 11.8 Å². The zero-order valence-electron chi connectivity index (χ0n) is 13.1. The lowest BCUT2D eigenvalue weighted by atomic mass is 10.2. The Balaban J connectivity index is 2.57. The SMILES string of the molecule is C=C(C)CN(C(=O)c1cccnc1)c1ccccc1S(C)(=O)=O. The van der Waals surface area contributed by atoms with Crippen molar-refractivity contribution in [3.63, 3.8) is 0 Å². The summed E-state index contributed by atoms with van der Waals surface area (Å²) in [7, 11) is -3.47. The summed E-state index contributed by atoms with van der Waals surface area (Å²) in [6, 6.07) is 9.75. The fourth-order valence-electron chi connectivity index (χ4n) is 2.18. The van der Waals surface area contributed by atoms with Crippen LogP contribution in [0, 0.1) is 0 Å². The van der Waals surface area contributed by atoms with Crippen molar-refractivity contribution in [3.05, 3.63) is 66.5 Å². The largest absolute Gasteiger partial charge is 0.303 e. The summed E-state index contributed by atoms with van der Waals surface area (Å²) in [5.74, 6) is -0.322. The minimum atomic E-state index is -3.47. The smallest absolute Gasteiger partial charge is 0.260 e. The molecule has 120 valence electrons. The molecular weight excluding hydrogens is 312 g/mol. The third-order valence-electron chi connectivity index (χ3n) is 3.14. The van der Waals surface area contributed by atoms with E-state index in [2.05, 4.69) is 11.6 Å². The molecule has 0 saturated heterocycles. The van der Waals surface area contributed by atoms with Gasteiger partial charge in [0.2, 0.25) is 0 Å². The summed E-state index contributed by atoms with van der Waals surface area (Å²) in [5, 5.41) is 0. The van der Waals surface area contributed by atoms with E-state index in [0.717, 1.165) is 11.8 Å². The van der Waals surface area contributed by atoms with Gasteiger partial charge in [0.1, 0.15) is 0 Å². The molecule has 1 aromatic carbocycles. The standard InChI is InChI=1S/C17H18N2O3S/c1-13(2)12-19(17(20)14-7-6-10-18-11-14)15-8-4-5-9-16(15)23(3,21)22/h4-11H,1,12H2,2-3H3. The van der Waals surface area contributed by atoms with Crippen molar-refractivity contribution < 1.29 is 13.2 Å². The van der Waals surface area contributed by atoms with Gasteiger partial charge in [-0.05, 0) is 31.2 Å². The number of nitrogens with zero attached hydrogens (tertiary/aromatic N) is 2. The molecule has 0 saturated carbocycles. The van der Waals surface area contributed by atoms with Crippen LogP contribution in [0.4, 0.5) is 5.69 Å². The van der Waals surface area contributed by atoms with Crippen molar-refractivity contribution in [1.29, 1.82) is 0 Å². The van der Waals surface area contributed by atoms with Gasteiger partial charge in [-0.2, -0.15) is 0 Å². The van der Waals surface area contributed by atoms with Crippen molar-refractivity contribution in [2.75, 3.05) is 17.7 Å². The maximum atomic E-state index is 12.8. The second-order valence-electron chi connectivity index (χ2n) is 5.33. The molecule has 2 rings (SSSR count). The van der Waals surface area contributed by atoms with Gasteiger partial charge in [0.25, 0.3) is 5.91 Å². The zero-order chi connectivity index (χ0) is 17.0. The van der Waals surface area contributed by atoms with Gasteiger partial charge in [-0.15, -0.1) is 0 Å². The number of carbonyl (C=O) groups is 1. The zero-order valence-corrected chi connectivity index (χ0v) is 13.9. The number of aromatic nitrogens is 1. The van der Waals surface area contributed by atoms with E-state index >= 15 is 0 Å². The van der Waals surface area contributed by atoms with Gasteiger partial charge in [-0.1, -0.05) is 24.3 Å². The number of benzene rings is 1. The maximum Gasteiger partial charge on any atom is 0.260 e. The predicted octanol–water partition coefficient (Wildman–Crippen LogP) is 2.71. The normalized spacial score (nSPS) is 11.0. The Kier molecular flexibility index (Phi) is 4.95. The summed E-state index contributed by atoms with van der Waals surface area (Å²) in [6.45, 7) is 5.84. The van der Waals surface area contributed by atoms with Crippen LogP contribution in [0.1, 0.15) is 17.3 Å². The highest BCUT2D eigenvalue weighted by molar-refractivity contribution is 7.90. The highest BCUT2D eigenvalue weighted by Crippen LogP contribution is 2.27. The first-order valence-electron chi connectivity index (χ1n) is 6.96. The third-order valence-corrected chi connectivity index (χ3v) is 4.28. The number of anilines is 1. The van der Waals surface area contributed by atoms with E-state index in [1.807, 2.05) is 0 Å². The molecule has 0 spiro atoms. The van der Waals surface area contributed by atoms with Crippen LogP contribution in [0.15, 0.2) is 65.8 Å². The van der Waals surface area contributed by atoms with Gasteiger partial charge in [0.05, 0.1) is 16.1 Å². The van der Waals surface area contributed by atoms with Crippen LogP contribution < -0.4 is 4.90 Å². The molecule has 1 heterocycles. The first kappa shape index (κ1) is 16.9. The van der Waals surface area contributed by atoms with Gasteiger partial charge in [0.15, 0.2) is 9.84 Å². The molecule has 0 aliphatic rings. The fourth-order valence-corrected chi connectivity index (χ4v) is 3.06. The number of hydrogen-bond acceptors (Lipinski definition) is 4. The van der Waals surface area contributed by atoms with Crippen LogP contribution in [0.2, 0.25) is 0 Å². The molecule has 2 aromatic rings. The van der Waals surface area contributed by atoms with Crippen molar-refractivity contribution >= 4 is 21.4 Å². The average molecular weight is 330 g/mol. The molecule has 1 amide bonds. The van der Waals surface area contributed by atoms with Crippen LogP contribution in [0.3, 0.4) is 0 Å². The average Bonchev–Trinajstić information content (AvgIpc) is 2.52. The van der Waals surface area contributed by atoms with Crippen LogP contribution in [-0.4, -0.2) is 32.1 Å². The van der Waals surface area contributed by atoms with Crippen molar-refractivity contribution in [1.82, 2.24) is 4.98 Å². The molecule has 0 unspecified atom stereocenters. The first-order valence-corrected chi connectivity index (χ1v) is 8.85. The van der Waals surface area contributed by atoms with Gasteiger partial charge in [-0.25, -0.2) is 8.42 Å². The van der Waals surface area contributed by atoms with E-state index in [9.17, 15) is 13.2 Å². The van der Waals surface area contributed by atoms with E-state index in [0.29, 0.717) is 11.3 Å². The molecule has 1 aromatic heterocycles.